The number of nitrogens with one attached hydrogen (secondary N) is 2. The van der Waals surface area contributed by atoms with Crippen molar-refractivity contribution in [3.8, 4) is 0 Å². The highest BCUT2D eigenvalue weighted by Crippen LogP contribution is 2.08. The third kappa shape index (κ3) is 6.91. The monoisotopic (exact) mass is 487 g/mol. The summed E-state index contributed by atoms with van der Waals surface area (Å²) in [4.78, 5) is 22.1. The Labute approximate surface area is 176 Å². The van der Waals surface area contributed by atoms with Crippen molar-refractivity contribution in [3.63, 3.8) is 0 Å². The first-order valence-corrected chi connectivity index (χ1v) is 9.03. The summed E-state index contributed by atoms with van der Waals surface area (Å²) in [5.41, 5.74) is 2.88. The fourth-order valence-corrected chi connectivity index (χ4v) is 2.91. The number of aryl methyl sites for hydroxylation is 1. The number of rotatable bonds is 6. The van der Waals surface area contributed by atoms with Gasteiger partial charge in [0.1, 0.15) is 0 Å². The zero-order chi connectivity index (χ0) is 18.2. The Balaban J connectivity index is 0.00000338. The molecule has 0 radical (unpaired) electrons. The Bertz CT molecular complexity index is 727. The number of carbonyl (C=O) groups is 1. The Morgan fingerprint density at radius 1 is 1.23 bits per heavy atom. The van der Waals surface area contributed by atoms with Gasteiger partial charge in [0.15, 0.2) is 5.96 Å². The minimum atomic E-state index is 0. The summed E-state index contributed by atoms with van der Waals surface area (Å²) < 4.78 is 0. The largest absolute Gasteiger partial charge is 0.356 e. The third-order valence-electron chi connectivity index (χ3n) is 3.63. The Morgan fingerprint density at radius 2 is 1.92 bits per heavy atom. The molecule has 0 aliphatic carbocycles. The number of amides is 1. The molecule has 0 aliphatic rings. The zero-order valence-corrected chi connectivity index (χ0v) is 18.7. The highest BCUT2D eigenvalue weighted by atomic mass is 127. The van der Waals surface area contributed by atoms with E-state index < -0.39 is 0 Å². The minimum absolute atomic E-state index is 0. The minimum Gasteiger partial charge on any atom is -0.356 e. The Kier molecular flexibility index (Phi) is 9.57. The Morgan fingerprint density at radius 3 is 2.46 bits per heavy atom. The van der Waals surface area contributed by atoms with E-state index in [9.17, 15) is 4.79 Å². The van der Waals surface area contributed by atoms with Gasteiger partial charge in [-0.2, -0.15) is 0 Å². The fourth-order valence-electron chi connectivity index (χ4n) is 2.26. The van der Waals surface area contributed by atoms with E-state index in [2.05, 4.69) is 26.0 Å². The van der Waals surface area contributed by atoms with Crippen LogP contribution in [0.2, 0.25) is 0 Å². The average Bonchev–Trinajstić information content (AvgIpc) is 3.03. The van der Waals surface area contributed by atoms with Crippen LogP contribution in [0.25, 0.3) is 0 Å². The molecule has 0 fully saturated rings. The summed E-state index contributed by atoms with van der Waals surface area (Å²) in [6.45, 7) is 3.44. The van der Waals surface area contributed by atoms with Crippen LogP contribution in [-0.4, -0.2) is 49.4 Å². The van der Waals surface area contributed by atoms with Crippen LogP contribution in [0.4, 0.5) is 0 Å². The predicted molar refractivity (Wildman–Crippen MR) is 119 cm³/mol. The van der Waals surface area contributed by atoms with Crippen molar-refractivity contribution in [2.24, 2.45) is 4.99 Å². The van der Waals surface area contributed by atoms with E-state index in [-0.39, 0.29) is 29.9 Å². The molecule has 142 valence electrons. The van der Waals surface area contributed by atoms with Crippen LogP contribution in [0.1, 0.15) is 26.6 Å². The molecule has 0 unspecified atom stereocenters. The van der Waals surface area contributed by atoms with Gasteiger partial charge in [-0.1, -0.05) is 12.1 Å². The van der Waals surface area contributed by atoms with Gasteiger partial charge in [-0.05, 0) is 24.6 Å². The van der Waals surface area contributed by atoms with E-state index in [0.717, 1.165) is 35.2 Å². The van der Waals surface area contributed by atoms with Gasteiger partial charge in [0, 0.05) is 51.6 Å². The summed E-state index contributed by atoms with van der Waals surface area (Å²) in [6, 6.07) is 7.60. The maximum atomic E-state index is 11.9. The number of benzene rings is 1. The van der Waals surface area contributed by atoms with Crippen molar-refractivity contribution in [2.45, 2.75) is 19.9 Å². The molecule has 0 aliphatic heterocycles. The van der Waals surface area contributed by atoms with Crippen LogP contribution >= 0.6 is 35.3 Å². The van der Waals surface area contributed by atoms with Crippen LogP contribution in [0.5, 0.6) is 0 Å². The second kappa shape index (κ2) is 11.1. The summed E-state index contributed by atoms with van der Waals surface area (Å²) in [6.07, 6.45) is 0.867. The van der Waals surface area contributed by atoms with Crippen molar-refractivity contribution in [1.29, 1.82) is 0 Å². The first kappa shape index (κ1) is 22.4. The number of halogens is 1. The molecule has 1 aromatic carbocycles. The van der Waals surface area contributed by atoms with Crippen molar-refractivity contribution in [3.05, 3.63) is 51.5 Å². The molecule has 0 saturated heterocycles. The molecule has 1 aromatic heterocycles. The van der Waals surface area contributed by atoms with E-state index in [1.165, 1.54) is 0 Å². The topological polar surface area (TPSA) is 69.6 Å². The lowest BCUT2D eigenvalue weighted by Gasteiger charge is -2.13. The molecule has 6 nitrogen and oxygen atoms in total. The molecule has 8 heteroatoms. The van der Waals surface area contributed by atoms with Gasteiger partial charge in [-0.3, -0.25) is 9.79 Å². The fraction of sp³-hybridized carbons (Fsp3) is 0.389. The van der Waals surface area contributed by atoms with Crippen LogP contribution in [0.3, 0.4) is 0 Å². The first-order valence-electron chi connectivity index (χ1n) is 8.15. The summed E-state index contributed by atoms with van der Waals surface area (Å²) in [5, 5.41) is 9.74. The highest BCUT2D eigenvalue weighted by Gasteiger charge is 2.07. The number of hydrogen-bond acceptors (Lipinski definition) is 4. The molecule has 0 spiro atoms. The number of aromatic nitrogens is 1. The lowest BCUT2D eigenvalue weighted by atomic mass is 10.1. The number of hydrogen-bond donors (Lipinski definition) is 2. The number of guanidine groups is 1. The number of nitrogens with zero attached hydrogens (tertiary/aromatic N) is 3. The van der Waals surface area contributed by atoms with Gasteiger partial charge < -0.3 is 15.5 Å². The molecule has 2 rings (SSSR count). The molecular weight excluding hydrogens is 461 g/mol. The standard InChI is InChI=1S/C18H25N5OS.HI/c1-13-22-16(12-25-13)9-10-20-18(19-2)21-11-14-5-7-15(8-6-14)17(24)23(3)4;/h5-8,12H,9-11H2,1-4H3,(H2,19,20,21);1H. The van der Waals surface area contributed by atoms with Gasteiger partial charge in [0.2, 0.25) is 0 Å². The summed E-state index contributed by atoms with van der Waals surface area (Å²) in [5.74, 6) is 0.759. The first-order chi connectivity index (χ1) is 12.0. The van der Waals surface area contributed by atoms with Gasteiger partial charge >= 0.3 is 0 Å². The van der Waals surface area contributed by atoms with Crippen molar-refractivity contribution >= 4 is 47.2 Å². The predicted octanol–water partition coefficient (Wildman–Crippen LogP) is 2.68. The number of aliphatic imine (C=N–C) groups is 1. The van der Waals surface area contributed by atoms with E-state index in [1.54, 1.807) is 37.4 Å². The lowest BCUT2D eigenvalue weighted by molar-refractivity contribution is 0.0827. The zero-order valence-electron chi connectivity index (χ0n) is 15.6. The quantitative estimate of drug-likeness (QED) is 0.374. The van der Waals surface area contributed by atoms with Gasteiger partial charge in [-0.25, -0.2) is 4.98 Å². The third-order valence-corrected chi connectivity index (χ3v) is 4.45. The normalized spacial score (nSPS) is 10.8. The second-order valence-corrected chi connectivity index (χ2v) is 6.92. The van der Waals surface area contributed by atoms with E-state index in [4.69, 9.17) is 0 Å². The molecule has 2 N–H and O–H groups in total. The van der Waals surface area contributed by atoms with E-state index >= 15 is 0 Å². The summed E-state index contributed by atoms with van der Waals surface area (Å²) >= 11 is 1.67. The summed E-state index contributed by atoms with van der Waals surface area (Å²) in [7, 11) is 5.25. The smallest absolute Gasteiger partial charge is 0.253 e. The lowest BCUT2D eigenvalue weighted by Crippen LogP contribution is -2.37. The molecule has 0 saturated carbocycles. The van der Waals surface area contributed by atoms with Gasteiger partial charge in [0.25, 0.3) is 5.91 Å². The molecule has 0 bridgehead atoms. The van der Waals surface area contributed by atoms with Crippen molar-refractivity contribution in [2.75, 3.05) is 27.7 Å². The Hall–Kier alpha value is -1.68. The molecule has 1 heterocycles. The van der Waals surface area contributed by atoms with E-state index in [0.29, 0.717) is 12.1 Å². The maximum absolute atomic E-state index is 11.9. The molecule has 26 heavy (non-hydrogen) atoms. The van der Waals surface area contributed by atoms with E-state index in [1.807, 2.05) is 31.2 Å². The molecular formula is C18H26IN5OS. The van der Waals surface area contributed by atoms with Crippen LogP contribution in [-0.2, 0) is 13.0 Å². The van der Waals surface area contributed by atoms with Crippen LogP contribution < -0.4 is 10.6 Å². The van der Waals surface area contributed by atoms with Crippen LogP contribution in [0, 0.1) is 6.92 Å². The maximum Gasteiger partial charge on any atom is 0.253 e. The highest BCUT2D eigenvalue weighted by molar-refractivity contribution is 14.0. The molecule has 2 aromatic rings. The van der Waals surface area contributed by atoms with Gasteiger partial charge in [-0.15, -0.1) is 35.3 Å². The SMILES string of the molecule is CN=C(NCCc1csc(C)n1)NCc1ccc(C(=O)N(C)C)cc1.I. The average molecular weight is 487 g/mol. The van der Waals surface area contributed by atoms with Crippen LogP contribution in [0.15, 0.2) is 34.6 Å². The van der Waals surface area contributed by atoms with Gasteiger partial charge in [0.05, 0.1) is 10.7 Å². The molecule has 1 amide bonds. The molecule has 0 atom stereocenters. The number of carbonyl (C=O) groups excluding carboxylic acids is 1. The van der Waals surface area contributed by atoms with Crippen molar-refractivity contribution in [1.82, 2.24) is 20.5 Å². The second-order valence-electron chi connectivity index (χ2n) is 5.86. The number of thiazole rings is 1. The van der Waals surface area contributed by atoms with Crippen molar-refractivity contribution < 1.29 is 4.79 Å².